The Bertz CT molecular complexity index is 1300. The van der Waals surface area contributed by atoms with E-state index in [0.29, 0.717) is 35.5 Å². The third kappa shape index (κ3) is 5.70. The van der Waals surface area contributed by atoms with Crippen molar-refractivity contribution < 1.29 is 31.1 Å². The highest BCUT2D eigenvalue weighted by molar-refractivity contribution is 7.09. The molecule has 35 heavy (non-hydrogen) atoms. The maximum absolute atomic E-state index is 13.0. The zero-order chi connectivity index (χ0) is 25.2. The number of hydrogen-bond donors (Lipinski definition) is 2. The number of thiophene rings is 1. The minimum atomic E-state index is -5.04. The van der Waals surface area contributed by atoms with E-state index in [0.717, 1.165) is 4.88 Å². The van der Waals surface area contributed by atoms with Crippen molar-refractivity contribution in [3.8, 4) is 0 Å². The van der Waals surface area contributed by atoms with Crippen LogP contribution in [0, 0.1) is 0 Å². The number of benzene rings is 1. The van der Waals surface area contributed by atoms with E-state index in [1.807, 2.05) is 17.5 Å². The lowest BCUT2D eigenvalue weighted by Gasteiger charge is -2.14. The smallest absolute Gasteiger partial charge is 0.364 e. The molecule has 0 aliphatic rings. The average Bonchev–Trinajstić information content (AvgIpc) is 3.46. The Morgan fingerprint density at radius 1 is 1.03 bits per heavy atom. The fourth-order valence-corrected chi connectivity index (χ4v) is 3.89. The predicted molar refractivity (Wildman–Crippen MR) is 116 cm³/mol. The number of alkyl halides is 6. The highest BCUT2D eigenvalue weighted by Gasteiger charge is 2.37. The molecule has 0 unspecified atom stereocenters. The first-order chi connectivity index (χ1) is 16.5. The summed E-state index contributed by atoms with van der Waals surface area (Å²) >= 11 is 1.58. The first-order valence-electron chi connectivity index (χ1n) is 10.0. The number of hydrogen-bond acceptors (Lipinski definition) is 6. The highest BCUT2D eigenvalue weighted by Crippen LogP contribution is 2.36. The van der Waals surface area contributed by atoms with Crippen LogP contribution in [0.1, 0.15) is 26.4 Å². The largest absolute Gasteiger partial charge is 0.416 e. The molecule has 1 amide bonds. The van der Waals surface area contributed by atoms with E-state index in [4.69, 9.17) is 0 Å². The van der Waals surface area contributed by atoms with Gasteiger partial charge in [0.05, 0.1) is 35.8 Å². The van der Waals surface area contributed by atoms with E-state index in [2.05, 4.69) is 25.7 Å². The van der Waals surface area contributed by atoms with Crippen LogP contribution in [0.4, 0.5) is 32.2 Å². The summed E-state index contributed by atoms with van der Waals surface area (Å²) in [5, 5.41) is 12.3. The number of nitrogens with one attached hydrogen (secondary N) is 2. The van der Waals surface area contributed by atoms with E-state index in [1.54, 1.807) is 11.3 Å². The third-order valence-corrected chi connectivity index (χ3v) is 5.78. The van der Waals surface area contributed by atoms with Crippen molar-refractivity contribution in [2.24, 2.45) is 0 Å². The first kappa shape index (κ1) is 24.4. The molecule has 1 aromatic carbocycles. The van der Waals surface area contributed by atoms with Gasteiger partial charge in [-0.2, -0.15) is 31.4 Å². The van der Waals surface area contributed by atoms with Gasteiger partial charge in [0, 0.05) is 17.0 Å². The van der Waals surface area contributed by atoms with Crippen molar-refractivity contribution in [3.63, 3.8) is 0 Å². The molecule has 14 heteroatoms. The number of rotatable bonds is 7. The van der Waals surface area contributed by atoms with Crippen molar-refractivity contribution in [1.82, 2.24) is 25.1 Å². The highest BCUT2D eigenvalue weighted by atomic mass is 32.1. The normalized spacial score (nSPS) is 12.2. The van der Waals surface area contributed by atoms with Gasteiger partial charge in [0.25, 0.3) is 5.91 Å². The zero-order valence-corrected chi connectivity index (χ0v) is 18.4. The molecule has 0 atom stereocenters. The van der Waals surface area contributed by atoms with Crippen LogP contribution in [-0.4, -0.2) is 32.2 Å². The molecule has 184 valence electrons. The van der Waals surface area contributed by atoms with Crippen LogP contribution < -0.4 is 10.6 Å². The molecular formula is C21H16F6N6OS. The molecule has 0 aliphatic heterocycles. The minimum Gasteiger partial charge on any atom is -0.364 e. The minimum absolute atomic E-state index is 0.0313. The summed E-state index contributed by atoms with van der Waals surface area (Å²) in [6, 6.07) is 4.62. The van der Waals surface area contributed by atoms with Crippen molar-refractivity contribution in [3.05, 3.63) is 69.8 Å². The summed E-state index contributed by atoms with van der Waals surface area (Å²) < 4.78 is 79.6. The Labute approximate surface area is 197 Å². The summed E-state index contributed by atoms with van der Waals surface area (Å²) in [5.41, 5.74) is -3.43. The Morgan fingerprint density at radius 3 is 2.37 bits per heavy atom. The zero-order valence-electron chi connectivity index (χ0n) is 17.6. The van der Waals surface area contributed by atoms with Gasteiger partial charge in [0.1, 0.15) is 12.1 Å². The molecule has 7 nitrogen and oxygen atoms in total. The Kier molecular flexibility index (Phi) is 6.65. The Balaban J connectivity index is 1.45. The summed E-state index contributed by atoms with van der Waals surface area (Å²) in [4.78, 5) is 21.8. The van der Waals surface area contributed by atoms with Crippen LogP contribution in [0.15, 0.2) is 48.2 Å². The molecule has 0 radical (unpaired) electrons. The SMILES string of the molecule is O=C(NCCn1ncc2c(NCc3cccs3)ncnc21)c1cc(C(F)(F)F)cc(C(F)(F)F)c1. The summed E-state index contributed by atoms with van der Waals surface area (Å²) in [7, 11) is 0. The van der Waals surface area contributed by atoms with E-state index in [1.165, 1.54) is 17.2 Å². The monoisotopic (exact) mass is 514 g/mol. The van der Waals surface area contributed by atoms with Gasteiger partial charge < -0.3 is 10.6 Å². The molecule has 0 fully saturated rings. The lowest BCUT2D eigenvalue weighted by molar-refractivity contribution is -0.143. The lowest BCUT2D eigenvalue weighted by atomic mass is 10.0. The van der Waals surface area contributed by atoms with Crippen LogP contribution in [0.5, 0.6) is 0 Å². The van der Waals surface area contributed by atoms with Crippen LogP contribution in [0.2, 0.25) is 0 Å². The second kappa shape index (κ2) is 9.52. The van der Waals surface area contributed by atoms with E-state index >= 15 is 0 Å². The van der Waals surface area contributed by atoms with Gasteiger partial charge >= 0.3 is 12.4 Å². The molecule has 0 spiro atoms. The molecule has 3 aromatic heterocycles. The molecule has 0 aliphatic carbocycles. The predicted octanol–water partition coefficient (Wildman–Crippen LogP) is 4.97. The number of aromatic nitrogens is 4. The van der Waals surface area contributed by atoms with E-state index < -0.39 is 35.0 Å². The number of carbonyl (C=O) groups excluding carboxylic acids is 1. The second-order valence-electron chi connectivity index (χ2n) is 7.31. The van der Waals surface area contributed by atoms with Gasteiger partial charge in [0.2, 0.25) is 0 Å². The molecule has 2 N–H and O–H groups in total. The fourth-order valence-electron chi connectivity index (χ4n) is 3.24. The topological polar surface area (TPSA) is 84.7 Å². The molecule has 4 rings (SSSR count). The molecule has 0 saturated carbocycles. The number of carbonyl (C=O) groups is 1. The summed E-state index contributed by atoms with van der Waals surface area (Å²) in [6.07, 6.45) is -7.23. The number of nitrogens with zero attached hydrogens (tertiary/aromatic N) is 4. The number of fused-ring (bicyclic) bond motifs is 1. The average molecular weight is 514 g/mol. The van der Waals surface area contributed by atoms with E-state index in [-0.39, 0.29) is 19.2 Å². The lowest BCUT2D eigenvalue weighted by Crippen LogP contribution is -2.28. The van der Waals surface area contributed by atoms with Crippen LogP contribution >= 0.6 is 11.3 Å². The number of amides is 1. The van der Waals surface area contributed by atoms with Gasteiger partial charge in [0.15, 0.2) is 5.65 Å². The molecule has 4 aromatic rings. The quantitative estimate of drug-likeness (QED) is 0.341. The Hall–Kier alpha value is -3.68. The van der Waals surface area contributed by atoms with E-state index in [9.17, 15) is 31.1 Å². The number of halogens is 6. The third-order valence-electron chi connectivity index (χ3n) is 4.90. The molecule has 0 saturated heterocycles. The van der Waals surface area contributed by atoms with Gasteiger partial charge in [-0.25, -0.2) is 14.6 Å². The summed E-state index contributed by atoms with van der Waals surface area (Å²) in [5.74, 6) is -0.534. The maximum atomic E-state index is 13.0. The maximum Gasteiger partial charge on any atom is 0.416 e. The van der Waals surface area contributed by atoms with Gasteiger partial charge in [-0.1, -0.05) is 6.07 Å². The van der Waals surface area contributed by atoms with Gasteiger partial charge in [-0.05, 0) is 29.6 Å². The molecule has 0 bridgehead atoms. The summed E-state index contributed by atoms with van der Waals surface area (Å²) in [6.45, 7) is 0.499. The molecular weight excluding hydrogens is 498 g/mol. The number of anilines is 1. The fraction of sp³-hybridized carbons (Fsp3) is 0.238. The standard InChI is InChI=1S/C21H16F6N6OS/c22-20(23,24)13-6-12(7-14(8-13)21(25,26)27)19(34)28-3-4-33-18-16(10-32-33)17(30-11-31-18)29-9-15-2-1-5-35-15/h1-2,5-8,10-11H,3-4,9H2,(H,28,34)(H,29,30,31). The Morgan fingerprint density at radius 2 is 1.74 bits per heavy atom. The van der Waals surface area contributed by atoms with Crippen LogP contribution in [-0.2, 0) is 25.4 Å². The van der Waals surface area contributed by atoms with Gasteiger partial charge in [-0.15, -0.1) is 11.3 Å². The second-order valence-corrected chi connectivity index (χ2v) is 8.34. The van der Waals surface area contributed by atoms with Crippen molar-refractivity contribution in [2.45, 2.75) is 25.4 Å². The van der Waals surface area contributed by atoms with Crippen molar-refractivity contribution in [1.29, 1.82) is 0 Å². The van der Waals surface area contributed by atoms with Crippen molar-refractivity contribution >= 4 is 34.1 Å². The molecule has 3 heterocycles. The first-order valence-corrected chi connectivity index (χ1v) is 10.9. The van der Waals surface area contributed by atoms with Crippen LogP contribution in [0.25, 0.3) is 11.0 Å². The van der Waals surface area contributed by atoms with Crippen molar-refractivity contribution in [2.75, 3.05) is 11.9 Å². The van der Waals surface area contributed by atoms with Crippen LogP contribution in [0.3, 0.4) is 0 Å². The van der Waals surface area contributed by atoms with Gasteiger partial charge in [-0.3, -0.25) is 4.79 Å².